The topological polar surface area (TPSA) is 55.3 Å². The number of carbonyl (C=O) groups excluding carboxylic acids is 1. The number of thiophene rings is 1. The summed E-state index contributed by atoms with van der Waals surface area (Å²) in [6.45, 7) is 1.62. The molecule has 116 valence electrons. The number of fused-ring (bicyclic) bond motifs is 1. The van der Waals surface area contributed by atoms with E-state index in [9.17, 15) is 4.79 Å². The van der Waals surface area contributed by atoms with E-state index in [2.05, 4.69) is 9.97 Å². The van der Waals surface area contributed by atoms with Crippen molar-refractivity contribution >= 4 is 27.3 Å². The van der Waals surface area contributed by atoms with Crippen molar-refractivity contribution in [2.75, 3.05) is 19.7 Å². The van der Waals surface area contributed by atoms with E-state index < -0.39 is 0 Å². The summed E-state index contributed by atoms with van der Waals surface area (Å²) in [4.78, 5) is 23.8. The van der Waals surface area contributed by atoms with Gasteiger partial charge in [-0.3, -0.25) is 14.8 Å². The Morgan fingerprint density at radius 2 is 2.22 bits per heavy atom. The molecular weight excluding hydrogens is 310 g/mol. The number of benzene rings is 1. The fourth-order valence-electron chi connectivity index (χ4n) is 2.73. The fourth-order valence-corrected chi connectivity index (χ4v) is 3.76. The number of ether oxygens (including phenoxy) is 1. The van der Waals surface area contributed by atoms with Crippen molar-refractivity contribution in [2.45, 2.75) is 6.10 Å². The highest BCUT2D eigenvalue weighted by Crippen LogP contribution is 2.28. The fraction of sp³-hybridized carbons (Fsp3) is 0.235. The smallest absolute Gasteiger partial charge is 0.264 e. The van der Waals surface area contributed by atoms with Gasteiger partial charge in [0.15, 0.2) is 0 Å². The molecule has 0 radical (unpaired) electrons. The summed E-state index contributed by atoms with van der Waals surface area (Å²) >= 11 is 1.54. The summed E-state index contributed by atoms with van der Waals surface area (Å²) in [5, 5.41) is 1.11. The van der Waals surface area contributed by atoms with Crippen LogP contribution in [0.4, 0.5) is 0 Å². The summed E-state index contributed by atoms with van der Waals surface area (Å²) in [6, 6.07) is 10.0. The third kappa shape index (κ3) is 2.83. The maximum Gasteiger partial charge on any atom is 0.264 e. The van der Waals surface area contributed by atoms with Crippen molar-refractivity contribution in [1.82, 2.24) is 14.9 Å². The highest BCUT2D eigenvalue weighted by molar-refractivity contribution is 7.20. The quantitative estimate of drug-likeness (QED) is 0.727. The Hall–Kier alpha value is -2.31. The second-order valence-corrected chi connectivity index (χ2v) is 6.47. The molecule has 1 atom stereocenters. The third-order valence-electron chi connectivity index (χ3n) is 3.90. The number of nitrogens with zero attached hydrogens (tertiary/aromatic N) is 3. The summed E-state index contributed by atoms with van der Waals surface area (Å²) in [6.07, 6.45) is 4.76. The average Bonchev–Trinajstić information content (AvgIpc) is 3.06. The lowest BCUT2D eigenvalue weighted by atomic mass is 10.2. The van der Waals surface area contributed by atoms with E-state index in [4.69, 9.17) is 4.74 Å². The SMILES string of the molecule is O=C(c1cc2ccccc2s1)N1CCOC(c2cnccn2)C1. The molecule has 5 nitrogen and oxygen atoms in total. The van der Waals surface area contributed by atoms with Crippen LogP contribution in [0.1, 0.15) is 21.5 Å². The van der Waals surface area contributed by atoms with Crippen LogP contribution in [-0.2, 0) is 4.74 Å². The van der Waals surface area contributed by atoms with Gasteiger partial charge in [-0.15, -0.1) is 11.3 Å². The van der Waals surface area contributed by atoms with Crippen LogP contribution in [0.2, 0.25) is 0 Å². The lowest BCUT2D eigenvalue weighted by Crippen LogP contribution is -2.42. The molecule has 1 saturated heterocycles. The van der Waals surface area contributed by atoms with Crippen LogP contribution < -0.4 is 0 Å². The standard InChI is InChI=1S/C17H15N3O2S/c21-17(16-9-12-3-1-2-4-15(12)23-16)20-7-8-22-14(11-20)13-10-18-5-6-19-13/h1-6,9-10,14H,7-8,11H2. The number of morpholine rings is 1. The molecule has 1 unspecified atom stereocenters. The molecule has 0 saturated carbocycles. The third-order valence-corrected chi connectivity index (χ3v) is 5.01. The maximum absolute atomic E-state index is 12.8. The van der Waals surface area contributed by atoms with E-state index in [0.717, 1.165) is 20.7 Å². The van der Waals surface area contributed by atoms with Gasteiger partial charge in [0, 0.05) is 23.6 Å². The molecule has 4 rings (SSSR count). The summed E-state index contributed by atoms with van der Waals surface area (Å²) in [5.41, 5.74) is 0.765. The zero-order chi connectivity index (χ0) is 15.6. The highest BCUT2D eigenvalue weighted by atomic mass is 32.1. The van der Waals surface area contributed by atoms with E-state index in [-0.39, 0.29) is 12.0 Å². The Balaban J connectivity index is 1.56. The minimum atomic E-state index is -0.212. The van der Waals surface area contributed by atoms with Crippen LogP contribution in [0.15, 0.2) is 48.9 Å². The van der Waals surface area contributed by atoms with Crippen molar-refractivity contribution in [3.63, 3.8) is 0 Å². The molecule has 6 heteroatoms. The van der Waals surface area contributed by atoms with Crippen molar-refractivity contribution < 1.29 is 9.53 Å². The largest absolute Gasteiger partial charge is 0.368 e. The van der Waals surface area contributed by atoms with Crippen LogP contribution in [-0.4, -0.2) is 40.5 Å². The van der Waals surface area contributed by atoms with Gasteiger partial charge in [0.2, 0.25) is 0 Å². The van der Waals surface area contributed by atoms with Crippen molar-refractivity contribution in [3.8, 4) is 0 Å². The second kappa shape index (κ2) is 6.06. The molecule has 1 fully saturated rings. The first-order chi connectivity index (χ1) is 11.3. The van der Waals surface area contributed by atoms with Crippen molar-refractivity contribution in [1.29, 1.82) is 0 Å². The zero-order valence-corrected chi connectivity index (χ0v) is 13.2. The summed E-state index contributed by atoms with van der Waals surface area (Å²) in [5.74, 6) is 0.0587. The lowest BCUT2D eigenvalue weighted by Gasteiger charge is -2.32. The van der Waals surface area contributed by atoms with Crippen LogP contribution in [0.3, 0.4) is 0 Å². The molecule has 2 aromatic heterocycles. The van der Waals surface area contributed by atoms with Gasteiger partial charge < -0.3 is 9.64 Å². The number of carbonyl (C=O) groups is 1. The minimum absolute atomic E-state index is 0.0587. The number of amides is 1. The highest BCUT2D eigenvalue weighted by Gasteiger charge is 2.27. The Kier molecular flexibility index (Phi) is 3.77. The Morgan fingerprint density at radius 3 is 3.04 bits per heavy atom. The van der Waals surface area contributed by atoms with Crippen molar-refractivity contribution in [3.05, 3.63) is 59.5 Å². The molecule has 0 bridgehead atoms. The Morgan fingerprint density at radius 1 is 1.30 bits per heavy atom. The second-order valence-electron chi connectivity index (χ2n) is 5.39. The molecule has 1 aliphatic rings. The molecule has 23 heavy (non-hydrogen) atoms. The van der Waals surface area contributed by atoms with Gasteiger partial charge in [-0.2, -0.15) is 0 Å². The zero-order valence-electron chi connectivity index (χ0n) is 12.4. The maximum atomic E-state index is 12.8. The van der Waals surface area contributed by atoms with Gasteiger partial charge in [0.1, 0.15) is 6.10 Å². The number of hydrogen-bond acceptors (Lipinski definition) is 5. The van der Waals surface area contributed by atoms with Gasteiger partial charge in [-0.25, -0.2) is 0 Å². The number of rotatable bonds is 2. The first kappa shape index (κ1) is 14.3. The van der Waals surface area contributed by atoms with Gasteiger partial charge in [-0.1, -0.05) is 18.2 Å². The van der Waals surface area contributed by atoms with Gasteiger partial charge in [0.05, 0.1) is 29.9 Å². The summed E-state index contributed by atoms with van der Waals surface area (Å²) in [7, 11) is 0. The molecule has 1 aromatic carbocycles. The molecular formula is C17H15N3O2S. The van der Waals surface area contributed by atoms with Crippen LogP contribution in [0.5, 0.6) is 0 Å². The first-order valence-electron chi connectivity index (χ1n) is 7.46. The van der Waals surface area contributed by atoms with E-state index in [0.29, 0.717) is 19.7 Å². The minimum Gasteiger partial charge on any atom is -0.368 e. The van der Waals surface area contributed by atoms with E-state index >= 15 is 0 Å². The lowest BCUT2D eigenvalue weighted by molar-refractivity contribution is -0.0247. The van der Waals surface area contributed by atoms with Crippen LogP contribution in [0, 0.1) is 0 Å². The molecule has 0 spiro atoms. The monoisotopic (exact) mass is 325 g/mol. The predicted octanol–water partition coefficient (Wildman–Crippen LogP) is 2.91. The van der Waals surface area contributed by atoms with Gasteiger partial charge >= 0.3 is 0 Å². The van der Waals surface area contributed by atoms with Gasteiger partial charge in [-0.05, 0) is 17.5 Å². The number of aromatic nitrogens is 2. The molecule has 1 aliphatic heterocycles. The Labute approximate surface area is 137 Å². The van der Waals surface area contributed by atoms with Crippen LogP contribution in [0.25, 0.3) is 10.1 Å². The predicted molar refractivity (Wildman–Crippen MR) is 88.5 cm³/mol. The summed E-state index contributed by atoms with van der Waals surface area (Å²) < 4.78 is 6.88. The van der Waals surface area contributed by atoms with E-state index in [1.54, 1.807) is 18.6 Å². The number of hydrogen-bond donors (Lipinski definition) is 0. The van der Waals surface area contributed by atoms with Crippen molar-refractivity contribution in [2.24, 2.45) is 0 Å². The molecule has 1 amide bonds. The molecule has 3 aromatic rings. The Bertz CT molecular complexity index is 801. The van der Waals surface area contributed by atoms with Crippen LogP contribution >= 0.6 is 11.3 Å². The average molecular weight is 325 g/mol. The van der Waals surface area contributed by atoms with Gasteiger partial charge in [0.25, 0.3) is 5.91 Å². The van der Waals surface area contributed by atoms with E-state index in [1.807, 2.05) is 35.2 Å². The first-order valence-corrected chi connectivity index (χ1v) is 8.28. The normalized spacial score (nSPS) is 18.3. The molecule has 0 N–H and O–H groups in total. The molecule has 0 aliphatic carbocycles. The molecule has 3 heterocycles. The van der Waals surface area contributed by atoms with E-state index in [1.165, 1.54) is 11.3 Å².